The van der Waals surface area contributed by atoms with E-state index in [1.165, 1.54) is 19.3 Å². The second kappa shape index (κ2) is 1.95. The zero-order chi connectivity index (χ0) is 7.19. The monoisotopic (exact) mass is 140 g/mol. The molecule has 2 unspecified atom stereocenters. The summed E-state index contributed by atoms with van der Waals surface area (Å²) in [5, 5.41) is 0. The van der Waals surface area contributed by atoms with Crippen molar-refractivity contribution in [1.82, 2.24) is 0 Å². The van der Waals surface area contributed by atoms with Gasteiger partial charge in [-0.15, -0.1) is 0 Å². The van der Waals surface area contributed by atoms with Gasteiger partial charge in [0.05, 0.1) is 0 Å². The lowest BCUT2D eigenvalue weighted by molar-refractivity contribution is 0.258. The van der Waals surface area contributed by atoms with E-state index in [1.54, 1.807) is 0 Å². The zero-order valence-electron chi connectivity index (χ0n) is 6.34. The first-order valence-electron chi connectivity index (χ1n) is 4.24. The molecule has 2 aliphatic carbocycles. The summed E-state index contributed by atoms with van der Waals surface area (Å²) in [4.78, 5) is 0. The first-order valence-corrected chi connectivity index (χ1v) is 4.24. The Morgan fingerprint density at radius 3 is 2.30 bits per heavy atom. The van der Waals surface area contributed by atoms with Crippen molar-refractivity contribution in [2.75, 3.05) is 0 Å². The molecular formula is C8H16N2. The highest BCUT2D eigenvalue weighted by molar-refractivity contribution is 5.05. The summed E-state index contributed by atoms with van der Waals surface area (Å²) in [6, 6.07) is 0.912. The number of hydrogen-bond donors (Lipinski definition) is 2. The Labute approximate surface area is 62.0 Å². The SMILES string of the molecule is NC1CCC(N)C2(CC2)C1. The van der Waals surface area contributed by atoms with E-state index in [9.17, 15) is 0 Å². The van der Waals surface area contributed by atoms with Crippen molar-refractivity contribution in [3.8, 4) is 0 Å². The van der Waals surface area contributed by atoms with Gasteiger partial charge in [0.25, 0.3) is 0 Å². The van der Waals surface area contributed by atoms with Gasteiger partial charge in [0.2, 0.25) is 0 Å². The summed E-state index contributed by atoms with van der Waals surface area (Å²) >= 11 is 0. The van der Waals surface area contributed by atoms with E-state index < -0.39 is 0 Å². The van der Waals surface area contributed by atoms with Gasteiger partial charge in [-0.05, 0) is 37.5 Å². The van der Waals surface area contributed by atoms with Crippen molar-refractivity contribution in [2.24, 2.45) is 16.9 Å². The van der Waals surface area contributed by atoms with E-state index in [2.05, 4.69) is 0 Å². The highest BCUT2D eigenvalue weighted by Gasteiger charge is 2.50. The summed E-state index contributed by atoms with van der Waals surface area (Å²) in [7, 11) is 0. The van der Waals surface area contributed by atoms with E-state index in [1.807, 2.05) is 0 Å². The van der Waals surface area contributed by atoms with Crippen LogP contribution in [0.15, 0.2) is 0 Å². The van der Waals surface area contributed by atoms with Crippen LogP contribution in [0.2, 0.25) is 0 Å². The number of nitrogens with two attached hydrogens (primary N) is 2. The summed E-state index contributed by atoms with van der Waals surface area (Å²) in [5.41, 5.74) is 12.4. The fourth-order valence-electron chi connectivity index (χ4n) is 2.21. The third-order valence-corrected chi connectivity index (χ3v) is 3.20. The van der Waals surface area contributed by atoms with Crippen LogP contribution in [-0.4, -0.2) is 12.1 Å². The molecule has 0 saturated heterocycles. The van der Waals surface area contributed by atoms with Crippen LogP contribution in [0.4, 0.5) is 0 Å². The van der Waals surface area contributed by atoms with Crippen LogP contribution in [0.25, 0.3) is 0 Å². The molecule has 2 nitrogen and oxygen atoms in total. The third-order valence-electron chi connectivity index (χ3n) is 3.20. The third kappa shape index (κ3) is 0.867. The van der Waals surface area contributed by atoms with Crippen molar-refractivity contribution in [1.29, 1.82) is 0 Å². The molecule has 0 bridgehead atoms. The molecule has 2 heteroatoms. The summed E-state index contributed by atoms with van der Waals surface area (Å²) in [6.07, 6.45) is 6.15. The average molecular weight is 140 g/mol. The standard InChI is InChI=1S/C8H16N2/c9-6-1-2-7(10)8(5-6)3-4-8/h6-7H,1-5,9-10H2. The fraction of sp³-hybridized carbons (Fsp3) is 1.00. The minimum Gasteiger partial charge on any atom is -0.328 e. The van der Waals surface area contributed by atoms with Gasteiger partial charge in [-0.3, -0.25) is 0 Å². The highest BCUT2D eigenvalue weighted by atomic mass is 14.8. The topological polar surface area (TPSA) is 52.0 Å². The quantitative estimate of drug-likeness (QED) is 0.518. The van der Waals surface area contributed by atoms with E-state index in [0.717, 1.165) is 12.8 Å². The molecule has 2 rings (SSSR count). The Kier molecular flexibility index (Phi) is 1.29. The Balaban J connectivity index is 2.03. The van der Waals surface area contributed by atoms with Crippen LogP contribution >= 0.6 is 0 Å². The van der Waals surface area contributed by atoms with E-state index in [-0.39, 0.29) is 0 Å². The lowest BCUT2D eigenvalue weighted by Crippen LogP contribution is -2.42. The fourth-order valence-corrected chi connectivity index (χ4v) is 2.21. The molecule has 0 aliphatic heterocycles. The zero-order valence-corrected chi connectivity index (χ0v) is 6.34. The lowest BCUT2D eigenvalue weighted by Gasteiger charge is -2.32. The molecule has 0 amide bonds. The first-order chi connectivity index (χ1) is 4.73. The molecule has 0 aromatic rings. The largest absolute Gasteiger partial charge is 0.328 e. The van der Waals surface area contributed by atoms with Crippen LogP contribution in [0.1, 0.15) is 32.1 Å². The molecular weight excluding hydrogens is 124 g/mol. The van der Waals surface area contributed by atoms with Crippen LogP contribution < -0.4 is 11.5 Å². The van der Waals surface area contributed by atoms with E-state index in [0.29, 0.717) is 17.5 Å². The Hall–Kier alpha value is -0.0800. The van der Waals surface area contributed by atoms with Gasteiger partial charge in [-0.25, -0.2) is 0 Å². The predicted molar refractivity (Wildman–Crippen MR) is 41.5 cm³/mol. The van der Waals surface area contributed by atoms with Crippen molar-refractivity contribution in [2.45, 2.75) is 44.2 Å². The van der Waals surface area contributed by atoms with E-state index in [4.69, 9.17) is 11.5 Å². The smallest absolute Gasteiger partial charge is 0.00967 e. The van der Waals surface area contributed by atoms with Gasteiger partial charge in [0.1, 0.15) is 0 Å². The number of hydrogen-bond acceptors (Lipinski definition) is 2. The van der Waals surface area contributed by atoms with Gasteiger partial charge in [0.15, 0.2) is 0 Å². The van der Waals surface area contributed by atoms with Crippen LogP contribution in [0, 0.1) is 5.41 Å². The average Bonchev–Trinajstić information content (AvgIpc) is 2.62. The summed E-state index contributed by atoms with van der Waals surface area (Å²) in [5.74, 6) is 0. The molecule has 10 heavy (non-hydrogen) atoms. The maximum absolute atomic E-state index is 5.98. The minimum absolute atomic E-state index is 0.447. The van der Waals surface area contributed by atoms with Gasteiger partial charge in [0, 0.05) is 12.1 Å². The van der Waals surface area contributed by atoms with Crippen LogP contribution in [0.5, 0.6) is 0 Å². The maximum Gasteiger partial charge on any atom is 0.00967 e. The molecule has 0 aromatic heterocycles. The van der Waals surface area contributed by atoms with E-state index >= 15 is 0 Å². The second-order valence-electron chi connectivity index (χ2n) is 4.01. The molecule has 0 radical (unpaired) electrons. The van der Waals surface area contributed by atoms with Crippen molar-refractivity contribution < 1.29 is 0 Å². The summed E-state index contributed by atoms with van der Waals surface area (Å²) in [6.45, 7) is 0. The molecule has 58 valence electrons. The maximum atomic E-state index is 5.98. The molecule has 1 spiro atoms. The minimum atomic E-state index is 0.447. The summed E-state index contributed by atoms with van der Waals surface area (Å²) < 4.78 is 0. The number of rotatable bonds is 0. The Morgan fingerprint density at radius 2 is 1.80 bits per heavy atom. The second-order valence-corrected chi connectivity index (χ2v) is 4.01. The molecule has 2 atom stereocenters. The predicted octanol–water partition coefficient (Wildman–Crippen LogP) is 0.605. The first kappa shape index (κ1) is 6.62. The lowest BCUT2D eigenvalue weighted by atomic mass is 9.80. The Bertz CT molecular complexity index is 140. The van der Waals surface area contributed by atoms with Gasteiger partial charge in [-0.2, -0.15) is 0 Å². The molecule has 0 heterocycles. The normalized spacial score (nSPS) is 43.8. The van der Waals surface area contributed by atoms with Crippen molar-refractivity contribution in [3.05, 3.63) is 0 Å². The van der Waals surface area contributed by atoms with Crippen LogP contribution in [-0.2, 0) is 0 Å². The molecule has 0 aromatic carbocycles. The van der Waals surface area contributed by atoms with Crippen molar-refractivity contribution in [3.63, 3.8) is 0 Å². The highest BCUT2D eigenvalue weighted by Crippen LogP contribution is 2.54. The van der Waals surface area contributed by atoms with Gasteiger partial charge < -0.3 is 11.5 Å². The van der Waals surface area contributed by atoms with Crippen molar-refractivity contribution >= 4 is 0 Å². The molecule has 2 fully saturated rings. The van der Waals surface area contributed by atoms with Crippen LogP contribution in [0.3, 0.4) is 0 Å². The molecule has 4 N–H and O–H groups in total. The Morgan fingerprint density at radius 1 is 1.10 bits per heavy atom. The van der Waals surface area contributed by atoms with Gasteiger partial charge >= 0.3 is 0 Å². The molecule has 2 saturated carbocycles. The van der Waals surface area contributed by atoms with Gasteiger partial charge in [-0.1, -0.05) is 0 Å². The molecule has 2 aliphatic rings.